The summed E-state index contributed by atoms with van der Waals surface area (Å²) >= 11 is 5.85. The Bertz CT molecular complexity index is 653. The molecule has 0 spiro atoms. The number of benzene rings is 1. The average molecular weight is 332 g/mol. The van der Waals surface area contributed by atoms with E-state index in [1.54, 1.807) is 18.2 Å². The van der Waals surface area contributed by atoms with Crippen LogP contribution in [-0.2, 0) is 9.84 Å². The Kier molecular flexibility index (Phi) is 4.49. The zero-order valence-corrected chi connectivity index (χ0v) is 13.6. The van der Waals surface area contributed by atoms with Crippen LogP contribution in [-0.4, -0.2) is 40.0 Å². The summed E-state index contributed by atoms with van der Waals surface area (Å²) in [5.41, 5.74) is 0.0835. The topological polar surface area (TPSA) is 72.5 Å². The molecule has 1 amide bonds. The zero-order valence-electron chi connectivity index (χ0n) is 12.0. The van der Waals surface area contributed by atoms with E-state index in [0.29, 0.717) is 22.9 Å². The van der Waals surface area contributed by atoms with Crippen LogP contribution in [0.25, 0.3) is 0 Å². The number of hydrogen-bond donors (Lipinski definition) is 1. The van der Waals surface area contributed by atoms with Gasteiger partial charge < -0.3 is 10.1 Å². The van der Waals surface area contributed by atoms with Crippen LogP contribution in [0.5, 0.6) is 5.75 Å². The third-order valence-electron chi connectivity index (χ3n) is 3.56. The molecule has 1 aromatic rings. The van der Waals surface area contributed by atoms with Gasteiger partial charge in [-0.3, -0.25) is 4.79 Å². The number of halogens is 1. The Morgan fingerprint density at radius 3 is 2.62 bits per heavy atom. The molecule has 2 rings (SSSR count). The SMILES string of the molecule is COc1cc(Cl)ccc1C(=O)NCC1(CS(C)(=O)=O)CC1. The largest absolute Gasteiger partial charge is 0.496 e. The Labute approximate surface area is 129 Å². The fraction of sp³-hybridized carbons (Fsp3) is 0.500. The Hall–Kier alpha value is -1.27. The lowest BCUT2D eigenvalue weighted by Crippen LogP contribution is -2.33. The van der Waals surface area contributed by atoms with Gasteiger partial charge in [0.05, 0.1) is 18.4 Å². The molecule has 0 heterocycles. The van der Waals surface area contributed by atoms with Gasteiger partial charge in [-0.25, -0.2) is 8.42 Å². The molecule has 1 aromatic carbocycles. The molecule has 7 heteroatoms. The van der Waals surface area contributed by atoms with Crippen molar-refractivity contribution in [3.63, 3.8) is 0 Å². The summed E-state index contributed by atoms with van der Waals surface area (Å²) in [6.07, 6.45) is 2.85. The van der Waals surface area contributed by atoms with Crippen LogP contribution in [0.1, 0.15) is 23.2 Å². The zero-order chi connectivity index (χ0) is 15.7. The van der Waals surface area contributed by atoms with E-state index in [4.69, 9.17) is 16.3 Å². The van der Waals surface area contributed by atoms with E-state index in [-0.39, 0.29) is 17.1 Å². The van der Waals surface area contributed by atoms with Gasteiger partial charge in [0.25, 0.3) is 5.91 Å². The number of amides is 1. The summed E-state index contributed by atoms with van der Waals surface area (Å²) in [5.74, 6) is 0.217. The molecule has 0 aromatic heterocycles. The average Bonchev–Trinajstić information content (AvgIpc) is 3.13. The maximum Gasteiger partial charge on any atom is 0.255 e. The third kappa shape index (κ3) is 4.35. The molecule has 1 aliphatic carbocycles. The van der Waals surface area contributed by atoms with Crippen LogP contribution in [0.15, 0.2) is 18.2 Å². The number of rotatable bonds is 6. The van der Waals surface area contributed by atoms with Gasteiger partial charge in [-0.05, 0) is 31.0 Å². The van der Waals surface area contributed by atoms with Crippen molar-refractivity contribution in [2.24, 2.45) is 5.41 Å². The van der Waals surface area contributed by atoms with Gasteiger partial charge in [0, 0.05) is 23.2 Å². The summed E-state index contributed by atoms with van der Waals surface area (Å²) in [5, 5.41) is 3.28. The van der Waals surface area contributed by atoms with Crippen molar-refractivity contribution in [3.8, 4) is 5.75 Å². The summed E-state index contributed by atoms with van der Waals surface area (Å²) in [6, 6.07) is 4.77. The molecule has 0 bridgehead atoms. The van der Waals surface area contributed by atoms with Crippen LogP contribution in [0.4, 0.5) is 0 Å². The fourth-order valence-electron chi connectivity index (χ4n) is 2.32. The standard InChI is InChI=1S/C14H18ClNO4S/c1-20-12-7-10(15)3-4-11(12)13(17)16-8-14(5-6-14)9-21(2,18)19/h3-4,7H,5-6,8-9H2,1-2H3,(H,16,17). The smallest absolute Gasteiger partial charge is 0.255 e. The minimum absolute atomic E-state index is 0.109. The van der Waals surface area contributed by atoms with Gasteiger partial charge in [0.1, 0.15) is 15.6 Å². The van der Waals surface area contributed by atoms with Gasteiger partial charge in [0.2, 0.25) is 0 Å². The number of carbonyl (C=O) groups is 1. The minimum atomic E-state index is -3.04. The van der Waals surface area contributed by atoms with E-state index in [0.717, 1.165) is 12.8 Å². The molecular formula is C14H18ClNO4S. The first-order chi connectivity index (χ1) is 9.75. The Morgan fingerprint density at radius 2 is 2.10 bits per heavy atom. The monoisotopic (exact) mass is 331 g/mol. The second-order valence-electron chi connectivity index (χ2n) is 5.60. The number of ether oxygens (including phenoxy) is 1. The molecule has 0 saturated heterocycles. The molecular weight excluding hydrogens is 314 g/mol. The summed E-state index contributed by atoms with van der Waals surface area (Å²) < 4.78 is 27.9. The van der Waals surface area contributed by atoms with E-state index >= 15 is 0 Å². The van der Waals surface area contributed by atoms with E-state index in [9.17, 15) is 13.2 Å². The quantitative estimate of drug-likeness (QED) is 0.864. The number of hydrogen-bond acceptors (Lipinski definition) is 4. The molecule has 1 saturated carbocycles. The third-order valence-corrected chi connectivity index (χ3v) is 4.93. The minimum Gasteiger partial charge on any atom is -0.496 e. The molecule has 1 aliphatic rings. The van der Waals surface area contributed by atoms with Crippen LogP contribution in [0, 0.1) is 5.41 Å². The van der Waals surface area contributed by atoms with E-state index in [1.807, 2.05) is 0 Å². The highest BCUT2D eigenvalue weighted by molar-refractivity contribution is 7.90. The first kappa shape index (κ1) is 16.1. The van der Waals surface area contributed by atoms with E-state index in [1.165, 1.54) is 13.4 Å². The summed E-state index contributed by atoms with van der Waals surface area (Å²) in [4.78, 5) is 12.2. The van der Waals surface area contributed by atoms with Crippen LogP contribution in [0.3, 0.4) is 0 Å². The molecule has 21 heavy (non-hydrogen) atoms. The van der Waals surface area contributed by atoms with Gasteiger partial charge in [-0.1, -0.05) is 11.6 Å². The van der Waals surface area contributed by atoms with Crippen molar-refractivity contribution in [1.29, 1.82) is 0 Å². The van der Waals surface area contributed by atoms with Crippen LogP contribution >= 0.6 is 11.6 Å². The van der Waals surface area contributed by atoms with Crippen molar-refractivity contribution in [2.45, 2.75) is 12.8 Å². The second-order valence-corrected chi connectivity index (χ2v) is 8.17. The molecule has 0 radical (unpaired) electrons. The molecule has 1 N–H and O–H groups in total. The van der Waals surface area contributed by atoms with E-state index in [2.05, 4.69) is 5.32 Å². The van der Waals surface area contributed by atoms with Gasteiger partial charge in [-0.2, -0.15) is 0 Å². The second kappa shape index (κ2) is 5.85. The first-order valence-corrected chi connectivity index (χ1v) is 8.98. The highest BCUT2D eigenvalue weighted by atomic mass is 35.5. The molecule has 0 aliphatic heterocycles. The number of sulfone groups is 1. The summed E-state index contributed by atoms with van der Waals surface area (Å²) in [7, 11) is -1.58. The highest BCUT2D eigenvalue weighted by Crippen LogP contribution is 2.46. The van der Waals surface area contributed by atoms with Crippen molar-refractivity contribution in [2.75, 3.05) is 25.7 Å². The predicted octanol–water partition coefficient (Wildman–Crippen LogP) is 1.90. The van der Waals surface area contributed by atoms with E-state index < -0.39 is 9.84 Å². The van der Waals surface area contributed by atoms with Crippen molar-refractivity contribution >= 4 is 27.3 Å². The van der Waals surface area contributed by atoms with Gasteiger partial charge >= 0.3 is 0 Å². The lowest BCUT2D eigenvalue weighted by molar-refractivity contribution is 0.0943. The van der Waals surface area contributed by atoms with Crippen molar-refractivity contribution < 1.29 is 17.9 Å². The summed E-state index contributed by atoms with van der Waals surface area (Å²) in [6.45, 7) is 0.352. The molecule has 5 nitrogen and oxygen atoms in total. The van der Waals surface area contributed by atoms with Crippen LogP contribution in [0.2, 0.25) is 5.02 Å². The van der Waals surface area contributed by atoms with Crippen molar-refractivity contribution in [3.05, 3.63) is 28.8 Å². The maximum absolute atomic E-state index is 12.2. The lowest BCUT2D eigenvalue weighted by Gasteiger charge is -2.16. The molecule has 1 fully saturated rings. The molecule has 0 atom stereocenters. The Balaban J connectivity index is 2.03. The normalized spacial score (nSPS) is 16.3. The number of carbonyl (C=O) groups excluding carboxylic acids is 1. The van der Waals surface area contributed by atoms with Crippen molar-refractivity contribution in [1.82, 2.24) is 5.32 Å². The highest BCUT2D eigenvalue weighted by Gasteiger charge is 2.45. The number of methoxy groups -OCH3 is 1. The first-order valence-electron chi connectivity index (χ1n) is 6.54. The Morgan fingerprint density at radius 1 is 1.43 bits per heavy atom. The van der Waals surface area contributed by atoms with Crippen LogP contribution < -0.4 is 10.1 Å². The molecule has 116 valence electrons. The van der Waals surface area contributed by atoms with Gasteiger partial charge in [-0.15, -0.1) is 0 Å². The van der Waals surface area contributed by atoms with Gasteiger partial charge in [0.15, 0.2) is 0 Å². The maximum atomic E-state index is 12.2. The molecule has 0 unspecified atom stereocenters. The fourth-order valence-corrected chi connectivity index (χ4v) is 3.99. The predicted molar refractivity (Wildman–Crippen MR) is 81.7 cm³/mol. The number of nitrogens with one attached hydrogen (secondary N) is 1. The lowest BCUT2D eigenvalue weighted by atomic mass is 10.1.